The highest BCUT2D eigenvalue weighted by Crippen LogP contribution is 2.31. The van der Waals surface area contributed by atoms with Crippen molar-refractivity contribution in [3.05, 3.63) is 55.5 Å². The Hall–Kier alpha value is -3.03. The number of nitro groups is 1. The average Bonchev–Trinajstić information content (AvgIpc) is 3.04. The molecule has 3 aromatic rings. The topological polar surface area (TPSA) is 132 Å². The summed E-state index contributed by atoms with van der Waals surface area (Å²) < 4.78 is 0. The van der Waals surface area contributed by atoms with Gasteiger partial charge in [0, 0.05) is 28.3 Å². The van der Waals surface area contributed by atoms with Crippen LogP contribution in [0.25, 0.3) is 11.3 Å². The maximum absolute atomic E-state index is 11.0. The van der Waals surface area contributed by atoms with E-state index in [0.717, 1.165) is 10.7 Å². The van der Waals surface area contributed by atoms with Crippen LogP contribution in [0.3, 0.4) is 0 Å². The van der Waals surface area contributed by atoms with Gasteiger partial charge in [0.15, 0.2) is 5.16 Å². The molecule has 2 N–H and O–H groups in total. The Morgan fingerprint density at radius 1 is 1.33 bits per heavy atom. The van der Waals surface area contributed by atoms with Crippen molar-refractivity contribution in [2.24, 2.45) is 0 Å². The Labute approximate surface area is 163 Å². The van der Waals surface area contributed by atoms with Gasteiger partial charge in [0.25, 0.3) is 5.69 Å². The first kappa shape index (κ1) is 18.8. The number of benzene rings is 1. The summed E-state index contributed by atoms with van der Waals surface area (Å²) in [5.74, 6) is 0.657. The summed E-state index contributed by atoms with van der Waals surface area (Å²) in [6.07, 6.45) is 0. The molecule has 136 valence electrons. The maximum atomic E-state index is 11.0. The van der Waals surface area contributed by atoms with Crippen molar-refractivity contribution in [3.63, 3.8) is 0 Å². The summed E-state index contributed by atoms with van der Waals surface area (Å²) >= 11 is 2.93. The number of thioether (sulfide) groups is 1. The highest BCUT2D eigenvalue weighted by molar-refractivity contribution is 7.98. The largest absolute Gasteiger partial charge is 0.382 e. The summed E-state index contributed by atoms with van der Waals surface area (Å²) in [5, 5.41) is 23.8. The highest BCUT2D eigenvalue weighted by atomic mass is 32.2. The summed E-state index contributed by atoms with van der Waals surface area (Å²) in [6, 6.07) is 6.60. The molecule has 0 fully saturated rings. The van der Waals surface area contributed by atoms with Crippen molar-refractivity contribution in [1.82, 2.24) is 15.0 Å². The molecule has 0 saturated heterocycles. The van der Waals surface area contributed by atoms with Gasteiger partial charge in [0.1, 0.15) is 17.5 Å². The predicted octanol–water partition coefficient (Wildman–Crippen LogP) is 3.87. The Morgan fingerprint density at radius 3 is 2.70 bits per heavy atom. The van der Waals surface area contributed by atoms with E-state index in [1.807, 2.05) is 18.4 Å². The van der Waals surface area contributed by atoms with E-state index < -0.39 is 4.92 Å². The summed E-state index contributed by atoms with van der Waals surface area (Å²) in [6.45, 7) is 3.57. The minimum absolute atomic E-state index is 0.00721. The smallest absolute Gasteiger partial charge is 0.272 e. The molecule has 0 spiro atoms. The molecule has 2 heterocycles. The third kappa shape index (κ3) is 4.05. The van der Waals surface area contributed by atoms with E-state index in [2.05, 4.69) is 15.0 Å². The molecule has 0 unspecified atom stereocenters. The van der Waals surface area contributed by atoms with Crippen LogP contribution in [-0.2, 0) is 5.75 Å². The number of nitriles is 1. The lowest BCUT2D eigenvalue weighted by Crippen LogP contribution is -2.03. The van der Waals surface area contributed by atoms with Gasteiger partial charge >= 0.3 is 0 Å². The number of hydrogen-bond acceptors (Lipinski definition) is 9. The zero-order valence-electron chi connectivity index (χ0n) is 14.5. The second-order valence-electron chi connectivity index (χ2n) is 5.63. The van der Waals surface area contributed by atoms with Crippen LogP contribution in [0.15, 0.2) is 28.7 Å². The molecule has 0 aliphatic rings. The maximum Gasteiger partial charge on any atom is 0.272 e. The fraction of sp³-hybridized carbons (Fsp3) is 0.176. The zero-order chi connectivity index (χ0) is 19.6. The van der Waals surface area contributed by atoms with E-state index in [9.17, 15) is 15.4 Å². The van der Waals surface area contributed by atoms with E-state index >= 15 is 0 Å². The SMILES string of the molecule is Cc1nc(CSc2nc(N)c(C#N)c(-c3ccc([N+](=O)[O-])c(C)c3)n2)cs1. The van der Waals surface area contributed by atoms with Gasteiger partial charge in [-0.1, -0.05) is 11.8 Å². The standard InChI is InChI=1S/C17H14N6O2S2/c1-9-5-11(3-4-14(9)23(24)25)15-13(6-18)16(19)22-17(21-15)27-8-12-7-26-10(2)20-12/h3-5,7H,8H2,1-2H3,(H2,19,21,22). The van der Waals surface area contributed by atoms with E-state index in [1.54, 1.807) is 30.4 Å². The van der Waals surface area contributed by atoms with Crippen LogP contribution in [0.4, 0.5) is 11.5 Å². The normalized spacial score (nSPS) is 10.6. The first-order chi connectivity index (χ1) is 12.9. The van der Waals surface area contributed by atoms with Gasteiger partial charge in [-0.3, -0.25) is 10.1 Å². The molecule has 27 heavy (non-hydrogen) atoms. The van der Waals surface area contributed by atoms with Gasteiger partial charge in [0.2, 0.25) is 0 Å². The molecule has 0 bridgehead atoms. The highest BCUT2D eigenvalue weighted by Gasteiger charge is 2.18. The van der Waals surface area contributed by atoms with Crippen LogP contribution in [-0.4, -0.2) is 19.9 Å². The molecule has 2 aromatic heterocycles. The second-order valence-corrected chi connectivity index (χ2v) is 7.64. The molecule has 10 heteroatoms. The fourth-order valence-electron chi connectivity index (χ4n) is 2.46. The zero-order valence-corrected chi connectivity index (χ0v) is 16.1. The molecule has 0 aliphatic carbocycles. The van der Waals surface area contributed by atoms with Crippen molar-refractivity contribution in [1.29, 1.82) is 5.26 Å². The first-order valence-electron chi connectivity index (χ1n) is 7.76. The molecule has 3 rings (SSSR count). The van der Waals surface area contributed by atoms with Crippen LogP contribution in [0, 0.1) is 35.3 Å². The predicted molar refractivity (Wildman–Crippen MR) is 104 cm³/mol. The Bertz CT molecular complexity index is 1070. The number of thiazole rings is 1. The quantitative estimate of drug-likeness (QED) is 0.296. The minimum Gasteiger partial charge on any atom is -0.382 e. The Morgan fingerprint density at radius 2 is 2.11 bits per heavy atom. The third-order valence-electron chi connectivity index (χ3n) is 3.71. The third-order valence-corrected chi connectivity index (χ3v) is 5.41. The summed E-state index contributed by atoms with van der Waals surface area (Å²) in [7, 11) is 0. The van der Waals surface area contributed by atoms with Crippen LogP contribution >= 0.6 is 23.1 Å². The van der Waals surface area contributed by atoms with Crippen LogP contribution in [0.2, 0.25) is 0 Å². The lowest BCUT2D eigenvalue weighted by Gasteiger charge is -2.09. The number of hydrogen-bond donors (Lipinski definition) is 1. The molecule has 0 aliphatic heterocycles. The van der Waals surface area contributed by atoms with Crippen molar-refractivity contribution < 1.29 is 4.92 Å². The van der Waals surface area contributed by atoms with E-state index in [4.69, 9.17) is 5.73 Å². The number of rotatable bonds is 5. The van der Waals surface area contributed by atoms with Crippen LogP contribution in [0.5, 0.6) is 0 Å². The molecule has 0 atom stereocenters. The average molecular weight is 398 g/mol. The van der Waals surface area contributed by atoms with Crippen molar-refractivity contribution in [2.45, 2.75) is 24.8 Å². The van der Waals surface area contributed by atoms with E-state index in [0.29, 0.717) is 27.7 Å². The number of nitrogens with two attached hydrogens (primary N) is 1. The van der Waals surface area contributed by atoms with Gasteiger partial charge < -0.3 is 5.73 Å². The number of aryl methyl sites for hydroxylation is 2. The second kappa shape index (κ2) is 7.69. The van der Waals surface area contributed by atoms with E-state index in [1.165, 1.54) is 17.8 Å². The molecule has 1 aromatic carbocycles. The van der Waals surface area contributed by atoms with Gasteiger partial charge in [-0.25, -0.2) is 15.0 Å². The Kier molecular flexibility index (Phi) is 5.34. The van der Waals surface area contributed by atoms with Crippen molar-refractivity contribution >= 4 is 34.6 Å². The van der Waals surface area contributed by atoms with Crippen molar-refractivity contribution in [2.75, 3.05) is 5.73 Å². The lowest BCUT2D eigenvalue weighted by atomic mass is 10.0. The van der Waals surface area contributed by atoms with Crippen LogP contribution in [0.1, 0.15) is 21.8 Å². The number of aromatic nitrogens is 3. The lowest BCUT2D eigenvalue weighted by molar-refractivity contribution is -0.385. The Balaban J connectivity index is 1.98. The fourth-order valence-corrected chi connectivity index (χ4v) is 3.92. The summed E-state index contributed by atoms with van der Waals surface area (Å²) in [5.41, 5.74) is 8.44. The number of anilines is 1. The van der Waals surface area contributed by atoms with Gasteiger partial charge in [-0.05, 0) is 26.0 Å². The molecule has 0 amide bonds. The van der Waals surface area contributed by atoms with Gasteiger partial charge in [-0.2, -0.15) is 5.26 Å². The molecular weight excluding hydrogens is 384 g/mol. The molecule has 8 nitrogen and oxygen atoms in total. The molecule has 0 radical (unpaired) electrons. The number of nitro benzene ring substituents is 1. The van der Waals surface area contributed by atoms with Gasteiger partial charge in [0.05, 0.1) is 21.3 Å². The first-order valence-corrected chi connectivity index (χ1v) is 9.62. The molecule has 0 saturated carbocycles. The molecular formula is C17H14N6O2S2. The minimum atomic E-state index is -0.449. The number of nitrogen functional groups attached to an aromatic ring is 1. The van der Waals surface area contributed by atoms with E-state index in [-0.39, 0.29) is 17.1 Å². The summed E-state index contributed by atoms with van der Waals surface area (Å²) in [4.78, 5) is 23.6. The monoisotopic (exact) mass is 398 g/mol. The van der Waals surface area contributed by atoms with Crippen molar-refractivity contribution in [3.8, 4) is 17.3 Å². The number of nitrogens with zero attached hydrogens (tertiary/aromatic N) is 5. The van der Waals surface area contributed by atoms with Gasteiger partial charge in [-0.15, -0.1) is 11.3 Å². The van der Waals surface area contributed by atoms with Crippen LogP contribution < -0.4 is 5.73 Å².